The summed E-state index contributed by atoms with van der Waals surface area (Å²) in [5, 5.41) is 0. The van der Waals surface area contributed by atoms with Crippen molar-refractivity contribution in [1.29, 1.82) is 0 Å². The molecule has 14 heavy (non-hydrogen) atoms. The Kier molecular flexibility index (Phi) is 3.51. The minimum Gasteiger partial charge on any atom is -0.241 e. The van der Waals surface area contributed by atoms with Crippen LogP contribution in [0.3, 0.4) is 0 Å². The second kappa shape index (κ2) is 3.62. The molecule has 6 heteroatoms. The van der Waals surface area contributed by atoms with Crippen LogP contribution in [0.2, 0.25) is 0 Å². The van der Waals surface area contributed by atoms with E-state index in [1.807, 2.05) is 0 Å². The van der Waals surface area contributed by atoms with Crippen molar-refractivity contribution in [2.24, 2.45) is 0 Å². The molecular weight excluding hydrogens is 210 g/mol. The van der Waals surface area contributed by atoms with Crippen LogP contribution in [0.5, 0.6) is 0 Å². The van der Waals surface area contributed by atoms with E-state index in [9.17, 15) is 26.3 Å². The zero-order chi connectivity index (χ0) is 11.8. The molecule has 0 heterocycles. The molecule has 86 valence electrons. The van der Waals surface area contributed by atoms with E-state index in [0.29, 0.717) is 6.92 Å². The molecule has 0 saturated carbocycles. The summed E-state index contributed by atoms with van der Waals surface area (Å²) in [7, 11) is 0. The minimum absolute atomic E-state index is 0.0204. The third-order valence-corrected chi connectivity index (χ3v) is 2.26. The molecule has 0 spiro atoms. The molecule has 0 N–H and O–H groups in total. The summed E-state index contributed by atoms with van der Waals surface area (Å²) in [6.07, 6.45) is -4.07. The van der Waals surface area contributed by atoms with Crippen LogP contribution in [0.15, 0.2) is 0 Å². The molecule has 0 aromatic heterocycles. The van der Waals surface area contributed by atoms with Gasteiger partial charge in [0, 0.05) is 6.42 Å². The maximum atomic E-state index is 13.2. The highest BCUT2D eigenvalue weighted by atomic mass is 19.3. The van der Waals surface area contributed by atoms with Crippen molar-refractivity contribution in [1.82, 2.24) is 0 Å². The van der Waals surface area contributed by atoms with Crippen LogP contribution < -0.4 is 0 Å². The summed E-state index contributed by atoms with van der Waals surface area (Å²) in [6, 6.07) is 0. The molecular formula is C8H12F6. The van der Waals surface area contributed by atoms with Crippen molar-refractivity contribution in [3.8, 4) is 0 Å². The van der Waals surface area contributed by atoms with Gasteiger partial charge in [-0.05, 0) is 13.8 Å². The molecule has 0 nitrogen and oxygen atoms in total. The molecule has 0 bridgehead atoms. The summed E-state index contributed by atoms with van der Waals surface area (Å²) >= 11 is 0. The van der Waals surface area contributed by atoms with Gasteiger partial charge in [-0.15, -0.1) is 0 Å². The van der Waals surface area contributed by atoms with Gasteiger partial charge < -0.3 is 0 Å². The highest BCUT2D eigenvalue weighted by molar-refractivity contribution is 5.02. The Morgan fingerprint density at radius 3 is 1.64 bits per heavy atom. The fourth-order valence-corrected chi connectivity index (χ4v) is 0.949. The number of hydrogen-bond donors (Lipinski definition) is 0. The topological polar surface area (TPSA) is 0 Å². The number of rotatable bonds is 4. The van der Waals surface area contributed by atoms with Gasteiger partial charge in [-0.25, -0.2) is 17.6 Å². The average Bonchev–Trinajstić information content (AvgIpc) is 2.03. The van der Waals surface area contributed by atoms with Crippen LogP contribution in [0.25, 0.3) is 0 Å². The van der Waals surface area contributed by atoms with Crippen LogP contribution in [-0.4, -0.2) is 23.7 Å². The van der Waals surface area contributed by atoms with Gasteiger partial charge in [-0.3, -0.25) is 0 Å². The van der Waals surface area contributed by atoms with Gasteiger partial charge in [-0.1, -0.05) is 6.92 Å². The molecule has 0 rings (SSSR count). The van der Waals surface area contributed by atoms with Gasteiger partial charge in [-0.2, -0.15) is 8.78 Å². The van der Waals surface area contributed by atoms with E-state index in [0.717, 1.165) is 6.92 Å². The molecule has 0 aromatic rings. The maximum Gasteiger partial charge on any atom is 0.317 e. The molecule has 0 aliphatic rings. The predicted molar refractivity (Wildman–Crippen MR) is 40.3 cm³/mol. The molecule has 2 unspecified atom stereocenters. The Morgan fingerprint density at radius 2 is 1.43 bits per heavy atom. The van der Waals surface area contributed by atoms with Gasteiger partial charge >= 0.3 is 5.92 Å². The molecule has 0 amide bonds. The molecule has 0 radical (unpaired) electrons. The molecule has 0 saturated heterocycles. The largest absolute Gasteiger partial charge is 0.317 e. The Bertz CT molecular complexity index is 196. The summed E-state index contributed by atoms with van der Waals surface area (Å²) in [4.78, 5) is 0. The van der Waals surface area contributed by atoms with E-state index >= 15 is 0 Å². The summed E-state index contributed by atoms with van der Waals surface area (Å²) < 4.78 is 76.6. The maximum absolute atomic E-state index is 13.2. The zero-order valence-electron chi connectivity index (χ0n) is 8.05. The van der Waals surface area contributed by atoms with Crippen molar-refractivity contribution in [2.45, 2.75) is 50.9 Å². The highest BCUT2D eigenvalue weighted by Crippen LogP contribution is 2.47. The third kappa shape index (κ3) is 1.83. The zero-order valence-corrected chi connectivity index (χ0v) is 8.05. The van der Waals surface area contributed by atoms with Crippen molar-refractivity contribution < 1.29 is 26.3 Å². The first-order chi connectivity index (χ1) is 6.00. The quantitative estimate of drug-likeness (QED) is 0.635. The Hall–Kier alpha value is -0.420. The number of halogens is 6. The van der Waals surface area contributed by atoms with Crippen LogP contribution in [-0.2, 0) is 0 Å². The van der Waals surface area contributed by atoms with Crippen molar-refractivity contribution in [3.63, 3.8) is 0 Å². The summed E-state index contributed by atoms with van der Waals surface area (Å²) in [6.45, 7) is 1.23. The lowest BCUT2D eigenvalue weighted by Gasteiger charge is -2.36. The minimum atomic E-state index is -4.70. The van der Waals surface area contributed by atoms with Gasteiger partial charge in [0.2, 0.25) is 5.67 Å². The summed E-state index contributed by atoms with van der Waals surface area (Å²) in [5.41, 5.74) is -4.18. The lowest BCUT2D eigenvalue weighted by atomic mass is 9.88. The van der Waals surface area contributed by atoms with Crippen molar-refractivity contribution in [2.75, 3.05) is 0 Å². The number of alkyl halides is 6. The fourth-order valence-electron chi connectivity index (χ4n) is 0.949. The van der Waals surface area contributed by atoms with Gasteiger partial charge in [0.25, 0.3) is 5.92 Å². The Labute approximate surface area is 78.3 Å². The van der Waals surface area contributed by atoms with E-state index < -0.39 is 30.1 Å². The summed E-state index contributed by atoms with van der Waals surface area (Å²) in [5.74, 6) is -8.95. The van der Waals surface area contributed by atoms with Gasteiger partial charge in [0.1, 0.15) is 0 Å². The predicted octanol–water partition coefficient (Wildman–Crippen LogP) is 3.75. The van der Waals surface area contributed by atoms with E-state index in [1.54, 1.807) is 0 Å². The first kappa shape index (κ1) is 13.6. The van der Waals surface area contributed by atoms with E-state index in [4.69, 9.17) is 0 Å². The molecule has 0 fully saturated rings. The molecule has 0 aromatic carbocycles. The van der Waals surface area contributed by atoms with E-state index in [2.05, 4.69) is 0 Å². The van der Waals surface area contributed by atoms with Crippen LogP contribution in [0, 0.1) is 0 Å². The van der Waals surface area contributed by atoms with Gasteiger partial charge in [0.15, 0.2) is 6.17 Å². The van der Waals surface area contributed by atoms with Crippen LogP contribution in [0.4, 0.5) is 26.3 Å². The van der Waals surface area contributed by atoms with E-state index in [-0.39, 0.29) is 6.92 Å². The van der Waals surface area contributed by atoms with Crippen LogP contribution >= 0.6 is 0 Å². The monoisotopic (exact) mass is 222 g/mol. The second-order valence-corrected chi connectivity index (χ2v) is 3.30. The first-order valence-corrected chi connectivity index (χ1v) is 4.09. The molecule has 0 aliphatic heterocycles. The van der Waals surface area contributed by atoms with Crippen molar-refractivity contribution in [3.05, 3.63) is 0 Å². The smallest absolute Gasteiger partial charge is 0.241 e. The Balaban J connectivity index is 5.14. The lowest BCUT2D eigenvalue weighted by Crippen LogP contribution is -2.58. The average molecular weight is 222 g/mol. The van der Waals surface area contributed by atoms with Crippen LogP contribution in [0.1, 0.15) is 27.2 Å². The number of hydrogen-bond acceptors (Lipinski definition) is 0. The fraction of sp³-hybridized carbons (Fsp3) is 1.00. The SMILES string of the molecule is CCC(F)(F)C(C)(F)C(F)(F)C(C)F. The van der Waals surface area contributed by atoms with Crippen molar-refractivity contribution >= 4 is 0 Å². The molecule has 2 atom stereocenters. The first-order valence-electron chi connectivity index (χ1n) is 4.09. The Morgan fingerprint density at radius 1 is 1.07 bits per heavy atom. The highest BCUT2D eigenvalue weighted by Gasteiger charge is 2.67. The standard InChI is InChI=1S/C8H12F6/c1-4-7(11,12)6(3,10)8(13,14)5(2)9/h5H,4H2,1-3H3. The van der Waals surface area contributed by atoms with Gasteiger partial charge in [0.05, 0.1) is 0 Å². The lowest BCUT2D eigenvalue weighted by molar-refractivity contribution is -0.258. The normalized spacial score (nSPS) is 20.4. The molecule has 0 aliphatic carbocycles. The van der Waals surface area contributed by atoms with E-state index in [1.165, 1.54) is 0 Å². The third-order valence-electron chi connectivity index (χ3n) is 2.26. The second-order valence-electron chi connectivity index (χ2n) is 3.30.